The Hall–Kier alpha value is -1.62. The van der Waals surface area contributed by atoms with Crippen LogP contribution in [0.5, 0.6) is 0 Å². The number of aryl methyl sites for hydroxylation is 1. The van der Waals surface area contributed by atoms with Crippen LogP contribution in [0.3, 0.4) is 0 Å². The number of hydrogen-bond donors (Lipinski definition) is 1. The number of likely N-dealkylation sites (N-methyl/N-ethyl adjacent to an activating group) is 1. The number of anilines is 1. The molecule has 94 valence electrons. The summed E-state index contributed by atoms with van der Waals surface area (Å²) in [5.74, 6) is 0. The lowest BCUT2D eigenvalue weighted by atomic mass is 10.1. The molecule has 0 spiro atoms. The van der Waals surface area contributed by atoms with E-state index in [1.807, 2.05) is 20.2 Å². The minimum Gasteiger partial charge on any atom is -0.381 e. The molecule has 0 saturated carbocycles. The summed E-state index contributed by atoms with van der Waals surface area (Å²) >= 11 is 0. The first-order valence-electron chi connectivity index (χ1n) is 5.56. The zero-order chi connectivity index (χ0) is 13.0. The molecule has 0 saturated heterocycles. The average Bonchev–Trinajstić information content (AvgIpc) is 2.15. The number of nitrogens with one attached hydrogen (secondary N) is 1. The molecule has 1 aromatic rings. The van der Waals surface area contributed by atoms with Gasteiger partial charge in [-0.15, -0.1) is 0 Å². The summed E-state index contributed by atoms with van der Waals surface area (Å²) in [6.07, 6.45) is 0. The summed E-state index contributed by atoms with van der Waals surface area (Å²) in [6, 6.07) is 5.40. The first-order chi connectivity index (χ1) is 7.90. The first kappa shape index (κ1) is 13.4. The summed E-state index contributed by atoms with van der Waals surface area (Å²) in [4.78, 5) is 12.4. The van der Waals surface area contributed by atoms with Crippen molar-refractivity contribution in [3.63, 3.8) is 0 Å². The molecule has 1 unspecified atom stereocenters. The van der Waals surface area contributed by atoms with Gasteiger partial charge in [-0.3, -0.25) is 10.1 Å². The maximum atomic E-state index is 10.7. The summed E-state index contributed by atoms with van der Waals surface area (Å²) in [7, 11) is 4.03. The molecule has 5 nitrogen and oxygen atoms in total. The van der Waals surface area contributed by atoms with Gasteiger partial charge < -0.3 is 10.2 Å². The van der Waals surface area contributed by atoms with Crippen LogP contribution in [-0.2, 0) is 0 Å². The van der Waals surface area contributed by atoms with Gasteiger partial charge in [0.25, 0.3) is 5.69 Å². The highest BCUT2D eigenvalue weighted by atomic mass is 16.6. The monoisotopic (exact) mass is 237 g/mol. The second-order valence-corrected chi connectivity index (χ2v) is 4.57. The number of rotatable bonds is 5. The van der Waals surface area contributed by atoms with Gasteiger partial charge >= 0.3 is 0 Å². The van der Waals surface area contributed by atoms with Crippen molar-refractivity contribution in [3.05, 3.63) is 33.9 Å². The van der Waals surface area contributed by atoms with Gasteiger partial charge in [0.15, 0.2) is 0 Å². The van der Waals surface area contributed by atoms with Crippen molar-refractivity contribution in [2.45, 2.75) is 19.9 Å². The molecule has 0 radical (unpaired) electrons. The Morgan fingerprint density at radius 1 is 1.47 bits per heavy atom. The Balaban J connectivity index is 2.74. The Labute approximate surface area is 102 Å². The molecule has 0 aliphatic heterocycles. The van der Waals surface area contributed by atoms with E-state index in [1.165, 1.54) is 0 Å². The Kier molecular flexibility index (Phi) is 4.45. The van der Waals surface area contributed by atoms with Gasteiger partial charge in [-0.25, -0.2) is 0 Å². The fraction of sp³-hybridized carbons (Fsp3) is 0.500. The van der Waals surface area contributed by atoms with Crippen LogP contribution in [0.25, 0.3) is 0 Å². The van der Waals surface area contributed by atoms with Crippen molar-refractivity contribution < 1.29 is 4.92 Å². The maximum absolute atomic E-state index is 10.7. The van der Waals surface area contributed by atoms with E-state index in [0.717, 1.165) is 12.2 Å². The fourth-order valence-corrected chi connectivity index (χ4v) is 1.83. The minimum atomic E-state index is -0.359. The van der Waals surface area contributed by atoms with E-state index in [9.17, 15) is 10.1 Å². The van der Waals surface area contributed by atoms with E-state index in [4.69, 9.17) is 0 Å². The standard InChI is InChI=1S/C12H19N3O2/c1-9-7-11(5-6-12(9)15(16)17)13-10(2)8-14(3)4/h5-7,10,13H,8H2,1-4H3. The molecular weight excluding hydrogens is 218 g/mol. The molecule has 1 aromatic carbocycles. The number of nitro benzene ring substituents is 1. The molecule has 0 aliphatic carbocycles. The van der Waals surface area contributed by atoms with Gasteiger partial charge in [0.2, 0.25) is 0 Å². The lowest BCUT2D eigenvalue weighted by molar-refractivity contribution is -0.385. The summed E-state index contributed by atoms with van der Waals surface area (Å²) in [5.41, 5.74) is 1.76. The number of nitro groups is 1. The second kappa shape index (κ2) is 5.63. The zero-order valence-corrected chi connectivity index (χ0v) is 10.7. The lowest BCUT2D eigenvalue weighted by Crippen LogP contribution is -2.29. The second-order valence-electron chi connectivity index (χ2n) is 4.57. The van der Waals surface area contributed by atoms with Gasteiger partial charge in [0.1, 0.15) is 0 Å². The molecule has 1 rings (SSSR count). The van der Waals surface area contributed by atoms with Crippen molar-refractivity contribution in [2.24, 2.45) is 0 Å². The van der Waals surface area contributed by atoms with Crippen LogP contribution in [0.15, 0.2) is 18.2 Å². The predicted molar refractivity (Wildman–Crippen MR) is 69.5 cm³/mol. The Bertz CT molecular complexity index is 405. The molecule has 1 atom stereocenters. The average molecular weight is 237 g/mol. The Morgan fingerprint density at radius 3 is 2.59 bits per heavy atom. The summed E-state index contributed by atoms with van der Waals surface area (Å²) in [5, 5.41) is 14.0. The molecule has 0 heterocycles. The van der Waals surface area contributed by atoms with Crippen molar-refractivity contribution in [3.8, 4) is 0 Å². The smallest absolute Gasteiger partial charge is 0.272 e. The van der Waals surface area contributed by atoms with Crippen LogP contribution in [0.1, 0.15) is 12.5 Å². The maximum Gasteiger partial charge on any atom is 0.272 e. The molecular formula is C12H19N3O2. The van der Waals surface area contributed by atoms with Gasteiger partial charge in [-0.1, -0.05) is 0 Å². The van der Waals surface area contributed by atoms with Crippen LogP contribution < -0.4 is 5.32 Å². The van der Waals surface area contributed by atoms with Crippen molar-refractivity contribution in [2.75, 3.05) is 26.0 Å². The minimum absolute atomic E-state index is 0.163. The normalized spacial score (nSPS) is 12.5. The first-order valence-corrected chi connectivity index (χ1v) is 5.56. The summed E-state index contributed by atoms with van der Waals surface area (Å²) < 4.78 is 0. The molecule has 17 heavy (non-hydrogen) atoms. The van der Waals surface area contributed by atoms with Crippen LogP contribution in [0.2, 0.25) is 0 Å². The van der Waals surface area contributed by atoms with Gasteiger partial charge in [0.05, 0.1) is 4.92 Å². The summed E-state index contributed by atoms with van der Waals surface area (Å²) in [6.45, 7) is 4.74. The quantitative estimate of drug-likeness (QED) is 0.630. The zero-order valence-electron chi connectivity index (χ0n) is 10.7. The number of nitrogens with zero attached hydrogens (tertiary/aromatic N) is 2. The van der Waals surface area contributed by atoms with E-state index >= 15 is 0 Å². The van der Waals surface area contributed by atoms with E-state index in [2.05, 4.69) is 17.1 Å². The highest BCUT2D eigenvalue weighted by Gasteiger charge is 2.11. The largest absolute Gasteiger partial charge is 0.381 e. The van der Waals surface area contributed by atoms with E-state index in [1.54, 1.807) is 19.1 Å². The highest BCUT2D eigenvalue weighted by molar-refractivity contribution is 5.53. The topological polar surface area (TPSA) is 58.4 Å². The van der Waals surface area contributed by atoms with Gasteiger partial charge in [0, 0.05) is 29.9 Å². The van der Waals surface area contributed by atoms with Crippen LogP contribution >= 0.6 is 0 Å². The molecule has 0 bridgehead atoms. The number of hydrogen-bond acceptors (Lipinski definition) is 4. The fourth-order valence-electron chi connectivity index (χ4n) is 1.83. The number of benzene rings is 1. The van der Waals surface area contributed by atoms with E-state index in [0.29, 0.717) is 11.6 Å². The highest BCUT2D eigenvalue weighted by Crippen LogP contribution is 2.21. The van der Waals surface area contributed by atoms with Gasteiger partial charge in [-0.2, -0.15) is 0 Å². The van der Waals surface area contributed by atoms with Crippen molar-refractivity contribution in [1.29, 1.82) is 0 Å². The molecule has 0 fully saturated rings. The molecule has 0 aromatic heterocycles. The molecule has 5 heteroatoms. The molecule has 0 aliphatic rings. The third kappa shape index (κ3) is 4.03. The predicted octanol–water partition coefficient (Wildman–Crippen LogP) is 2.27. The van der Waals surface area contributed by atoms with E-state index < -0.39 is 0 Å². The van der Waals surface area contributed by atoms with E-state index in [-0.39, 0.29) is 10.6 Å². The lowest BCUT2D eigenvalue weighted by Gasteiger charge is -2.19. The van der Waals surface area contributed by atoms with Crippen LogP contribution in [-0.4, -0.2) is 36.5 Å². The van der Waals surface area contributed by atoms with Crippen LogP contribution in [0, 0.1) is 17.0 Å². The van der Waals surface area contributed by atoms with Gasteiger partial charge in [-0.05, 0) is 40.1 Å². The van der Waals surface area contributed by atoms with Crippen LogP contribution in [0.4, 0.5) is 11.4 Å². The van der Waals surface area contributed by atoms with Crippen molar-refractivity contribution in [1.82, 2.24) is 4.90 Å². The third-order valence-corrected chi connectivity index (χ3v) is 2.45. The third-order valence-electron chi connectivity index (χ3n) is 2.45. The van der Waals surface area contributed by atoms with Crippen molar-refractivity contribution >= 4 is 11.4 Å². The Morgan fingerprint density at radius 2 is 2.12 bits per heavy atom. The SMILES string of the molecule is Cc1cc(NC(C)CN(C)C)ccc1[N+](=O)[O-]. The molecule has 1 N–H and O–H groups in total. The molecule has 0 amide bonds.